The van der Waals surface area contributed by atoms with E-state index in [1.54, 1.807) is 17.0 Å². The third-order valence-electron chi connectivity index (χ3n) is 5.45. The second kappa shape index (κ2) is 7.87. The first-order chi connectivity index (χ1) is 14.0. The second-order valence-electron chi connectivity index (χ2n) is 7.32. The molecule has 2 aromatic carbocycles. The molecule has 0 radical (unpaired) electrons. The number of aromatic nitrogens is 1. The number of hydrogen-bond acceptors (Lipinski definition) is 3. The molecule has 1 aliphatic heterocycles. The standard InChI is InChI=1S/C24H23N3O2/c1-16-7-5-10-20(17(16)2)26-23(28)19-12-13-25-21(15-19)24(29)27-14-6-9-18-8-3-4-11-22(18)27/h3-5,7-8,10-13,15H,6,9,14H2,1-2H3,(H,26,28). The van der Waals surface area contributed by atoms with Gasteiger partial charge in [-0.05, 0) is 67.6 Å². The Balaban J connectivity index is 1.58. The maximum absolute atomic E-state index is 13.1. The van der Waals surface area contributed by atoms with Gasteiger partial charge < -0.3 is 10.2 Å². The number of carbonyl (C=O) groups is 2. The summed E-state index contributed by atoms with van der Waals surface area (Å²) < 4.78 is 0. The van der Waals surface area contributed by atoms with Gasteiger partial charge in [-0.2, -0.15) is 0 Å². The zero-order valence-electron chi connectivity index (χ0n) is 16.6. The van der Waals surface area contributed by atoms with Crippen LogP contribution in [0.15, 0.2) is 60.8 Å². The van der Waals surface area contributed by atoms with Gasteiger partial charge in [-0.25, -0.2) is 0 Å². The van der Waals surface area contributed by atoms with Gasteiger partial charge in [-0.15, -0.1) is 0 Å². The third-order valence-corrected chi connectivity index (χ3v) is 5.45. The normalized spacial score (nSPS) is 13.0. The molecule has 1 aliphatic rings. The van der Waals surface area contributed by atoms with Crippen LogP contribution >= 0.6 is 0 Å². The van der Waals surface area contributed by atoms with Crippen LogP contribution in [-0.2, 0) is 6.42 Å². The molecule has 0 atom stereocenters. The van der Waals surface area contributed by atoms with Gasteiger partial charge in [0.25, 0.3) is 11.8 Å². The summed E-state index contributed by atoms with van der Waals surface area (Å²) in [6.45, 7) is 4.63. The van der Waals surface area contributed by atoms with Crippen LogP contribution in [0.5, 0.6) is 0 Å². The Labute approximate surface area is 170 Å². The molecular formula is C24H23N3O2. The van der Waals surface area contributed by atoms with Crippen LogP contribution in [0.2, 0.25) is 0 Å². The fourth-order valence-electron chi connectivity index (χ4n) is 3.65. The molecule has 5 heteroatoms. The van der Waals surface area contributed by atoms with E-state index in [9.17, 15) is 9.59 Å². The molecule has 0 bridgehead atoms. The predicted octanol–water partition coefficient (Wildman–Crippen LogP) is 4.54. The van der Waals surface area contributed by atoms with E-state index < -0.39 is 0 Å². The van der Waals surface area contributed by atoms with E-state index >= 15 is 0 Å². The Bertz CT molecular complexity index is 1090. The van der Waals surface area contributed by atoms with Crippen LogP contribution in [0.25, 0.3) is 0 Å². The topological polar surface area (TPSA) is 62.3 Å². The lowest BCUT2D eigenvalue weighted by atomic mass is 10.0. The highest BCUT2D eigenvalue weighted by Crippen LogP contribution is 2.28. The number of aryl methyl sites for hydroxylation is 2. The smallest absolute Gasteiger partial charge is 0.276 e. The van der Waals surface area contributed by atoms with Gasteiger partial charge in [0.2, 0.25) is 0 Å². The first-order valence-corrected chi connectivity index (χ1v) is 9.78. The van der Waals surface area contributed by atoms with Crippen molar-refractivity contribution in [1.29, 1.82) is 0 Å². The molecule has 146 valence electrons. The van der Waals surface area contributed by atoms with Crippen molar-refractivity contribution in [2.75, 3.05) is 16.8 Å². The van der Waals surface area contributed by atoms with Crippen molar-refractivity contribution in [3.8, 4) is 0 Å². The zero-order chi connectivity index (χ0) is 20.4. The van der Waals surface area contributed by atoms with Crippen LogP contribution in [0, 0.1) is 13.8 Å². The molecule has 1 aromatic heterocycles. The van der Waals surface area contributed by atoms with Gasteiger partial charge in [0.1, 0.15) is 5.69 Å². The molecule has 5 nitrogen and oxygen atoms in total. The number of carbonyl (C=O) groups excluding carboxylic acids is 2. The minimum absolute atomic E-state index is 0.182. The van der Waals surface area contributed by atoms with Crippen LogP contribution in [-0.4, -0.2) is 23.3 Å². The Morgan fingerprint density at radius 3 is 2.72 bits per heavy atom. The van der Waals surface area contributed by atoms with Crippen molar-refractivity contribution in [2.24, 2.45) is 0 Å². The molecule has 1 N–H and O–H groups in total. The van der Waals surface area contributed by atoms with Crippen molar-refractivity contribution in [3.63, 3.8) is 0 Å². The molecule has 4 rings (SSSR count). The molecular weight excluding hydrogens is 362 g/mol. The number of benzene rings is 2. The lowest BCUT2D eigenvalue weighted by molar-refractivity contribution is 0.0980. The van der Waals surface area contributed by atoms with Crippen LogP contribution < -0.4 is 10.2 Å². The largest absolute Gasteiger partial charge is 0.322 e. The fourth-order valence-corrected chi connectivity index (χ4v) is 3.65. The van der Waals surface area contributed by atoms with Crippen molar-refractivity contribution < 1.29 is 9.59 Å². The van der Waals surface area contributed by atoms with E-state index in [0.717, 1.165) is 40.9 Å². The molecule has 0 saturated carbocycles. The highest BCUT2D eigenvalue weighted by atomic mass is 16.2. The number of pyridine rings is 1. The lowest BCUT2D eigenvalue weighted by Crippen LogP contribution is -2.36. The Morgan fingerprint density at radius 2 is 1.86 bits per heavy atom. The molecule has 2 amide bonds. The summed E-state index contributed by atoms with van der Waals surface area (Å²) in [5.41, 5.74) is 5.68. The molecule has 0 saturated heterocycles. The average molecular weight is 385 g/mol. The molecule has 0 spiro atoms. The lowest BCUT2D eigenvalue weighted by Gasteiger charge is -2.29. The van der Waals surface area contributed by atoms with Crippen molar-refractivity contribution >= 4 is 23.2 Å². The minimum atomic E-state index is -0.255. The second-order valence-corrected chi connectivity index (χ2v) is 7.32. The number of rotatable bonds is 3. The van der Waals surface area contributed by atoms with Crippen LogP contribution in [0.3, 0.4) is 0 Å². The van der Waals surface area contributed by atoms with Gasteiger partial charge in [0.05, 0.1) is 0 Å². The number of amides is 2. The van der Waals surface area contributed by atoms with E-state index in [4.69, 9.17) is 0 Å². The predicted molar refractivity (Wildman–Crippen MR) is 115 cm³/mol. The van der Waals surface area contributed by atoms with E-state index in [-0.39, 0.29) is 17.5 Å². The fraction of sp³-hybridized carbons (Fsp3) is 0.208. The highest BCUT2D eigenvalue weighted by Gasteiger charge is 2.24. The molecule has 0 unspecified atom stereocenters. The number of fused-ring (bicyclic) bond motifs is 1. The van der Waals surface area contributed by atoms with Gasteiger partial charge in [0, 0.05) is 29.7 Å². The number of anilines is 2. The SMILES string of the molecule is Cc1cccc(NC(=O)c2ccnc(C(=O)N3CCCc4ccccc43)c2)c1C. The van der Waals surface area contributed by atoms with E-state index in [0.29, 0.717) is 12.1 Å². The van der Waals surface area contributed by atoms with Crippen molar-refractivity contribution in [3.05, 3.63) is 88.7 Å². The average Bonchev–Trinajstić information content (AvgIpc) is 2.76. The number of nitrogens with one attached hydrogen (secondary N) is 1. The molecule has 29 heavy (non-hydrogen) atoms. The molecule has 3 aromatic rings. The molecule has 0 aliphatic carbocycles. The summed E-state index contributed by atoms with van der Waals surface area (Å²) in [4.78, 5) is 31.9. The summed E-state index contributed by atoms with van der Waals surface area (Å²) >= 11 is 0. The summed E-state index contributed by atoms with van der Waals surface area (Å²) in [5.74, 6) is -0.437. The van der Waals surface area contributed by atoms with Crippen LogP contribution in [0.4, 0.5) is 11.4 Å². The minimum Gasteiger partial charge on any atom is -0.322 e. The molecule has 2 heterocycles. The highest BCUT2D eigenvalue weighted by molar-refractivity contribution is 6.09. The van der Waals surface area contributed by atoms with Gasteiger partial charge in [-0.1, -0.05) is 30.3 Å². The third kappa shape index (κ3) is 3.76. The quantitative estimate of drug-likeness (QED) is 0.720. The molecule has 0 fully saturated rings. The Morgan fingerprint density at radius 1 is 1.03 bits per heavy atom. The van der Waals surface area contributed by atoms with Gasteiger partial charge >= 0.3 is 0 Å². The van der Waals surface area contributed by atoms with Crippen molar-refractivity contribution in [1.82, 2.24) is 4.98 Å². The van der Waals surface area contributed by atoms with E-state index in [1.165, 1.54) is 6.20 Å². The van der Waals surface area contributed by atoms with E-state index in [1.807, 2.05) is 50.2 Å². The van der Waals surface area contributed by atoms with Crippen LogP contribution in [0.1, 0.15) is 44.0 Å². The monoisotopic (exact) mass is 385 g/mol. The first-order valence-electron chi connectivity index (χ1n) is 9.78. The number of para-hydroxylation sites is 1. The van der Waals surface area contributed by atoms with Gasteiger partial charge in [0.15, 0.2) is 0 Å². The van der Waals surface area contributed by atoms with Gasteiger partial charge in [-0.3, -0.25) is 14.6 Å². The summed E-state index contributed by atoms with van der Waals surface area (Å²) in [5, 5.41) is 2.94. The van der Waals surface area contributed by atoms with Crippen molar-refractivity contribution in [2.45, 2.75) is 26.7 Å². The zero-order valence-corrected chi connectivity index (χ0v) is 16.6. The maximum atomic E-state index is 13.1. The van der Waals surface area contributed by atoms with E-state index in [2.05, 4.69) is 16.4 Å². The Kier molecular flexibility index (Phi) is 5.12. The summed E-state index contributed by atoms with van der Waals surface area (Å²) in [6, 6.07) is 16.9. The first kappa shape index (κ1) is 18.9. The number of nitrogens with zero attached hydrogens (tertiary/aromatic N) is 2. The number of hydrogen-bond donors (Lipinski definition) is 1. The maximum Gasteiger partial charge on any atom is 0.276 e. The summed E-state index contributed by atoms with van der Waals surface area (Å²) in [7, 11) is 0. The summed E-state index contributed by atoms with van der Waals surface area (Å²) in [6.07, 6.45) is 3.39. The Hall–Kier alpha value is -3.47.